The third-order valence-corrected chi connectivity index (χ3v) is 8.73. The number of nitrogens with zero attached hydrogens (tertiary/aromatic N) is 3. The lowest BCUT2D eigenvalue weighted by Gasteiger charge is -2.38. The molecule has 2 bridgehead atoms. The van der Waals surface area contributed by atoms with Crippen LogP contribution < -0.4 is 15.0 Å². The molecule has 6 rings (SSSR count). The zero-order valence-corrected chi connectivity index (χ0v) is 21.8. The summed E-state index contributed by atoms with van der Waals surface area (Å²) in [4.78, 5) is 47.2. The maximum absolute atomic E-state index is 14.4. The van der Waals surface area contributed by atoms with E-state index < -0.39 is 11.5 Å². The van der Waals surface area contributed by atoms with Crippen molar-refractivity contribution in [3.63, 3.8) is 0 Å². The average molecular weight is 517 g/mol. The molecule has 0 unspecified atom stereocenters. The van der Waals surface area contributed by atoms with Crippen molar-refractivity contribution in [2.45, 2.75) is 50.1 Å². The zero-order valence-electron chi connectivity index (χ0n) is 21.8. The van der Waals surface area contributed by atoms with Crippen LogP contribution in [0.3, 0.4) is 0 Å². The molecule has 1 spiro atoms. The highest BCUT2D eigenvalue weighted by Crippen LogP contribution is 2.57. The largest absolute Gasteiger partial charge is 0.494 e. The number of ether oxygens (including phenoxy) is 1. The Balaban J connectivity index is 1.21. The third kappa shape index (κ3) is 4.15. The highest BCUT2D eigenvalue weighted by Gasteiger charge is 2.67. The SMILES string of the molecule is O=C1NCCCN(C(=O)CCCOc2ccccc2)CCN2C(=O)[C@@]3(c4ccccc42)[C@H]1C[C@@H]1CCCN13. The van der Waals surface area contributed by atoms with E-state index in [9.17, 15) is 14.4 Å². The molecule has 0 aromatic heterocycles. The number of anilines is 1. The maximum Gasteiger partial charge on any atom is 0.253 e. The van der Waals surface area contributed by atoms with Gasteiger partial charge in [-0.2, -0.15) is 0 Å². The van der Waals surface area contributed by atoms with Gasteiger partial charge in [0.15, 0.2) is 0 Å². The van der Waals surface area contributed by atoms with Crippen LogP contribution in [-0.2, 0) is 19.9 Å². The first-order valence-electron chi connectivity index (χ1n) is 14.0. The Morgan fingerprint density at radius 1 is 0.974 bits per heavy atom. The van der Waals surface area contributed by atoms with Crippen molar-refractivity contribution in [1.82, 2.24) is 15.1 Å². The number of fused-ring (bicyclic) bond motifs is 4. The molecule has 3 saturated heterocycles. The monoisotopic (exact) mass is 516 g/mol. The highest BCUT2D eigenvalue weighted by molar-refractivity contribution is 6.11. The molecule has 0 aliphatic carbocycles. The van der Waals surface area contributed by atoms with Crippen molar-refractivity contribution in [3.8, 4) is 5.75 Å². The Hall–Kier alpha value is -3.39. The molecule has 2 aromatic carbocycles. The summed E-state index contributed by atoms with van der Waals surface area (Å²) >= 11 is 0. The second kappa shape index (κ2) is 10.4. The van der Waals surface area contributed by atoms with Crippen molar-refractivity contribution in [2.24, 2.45) is 5.92 Å². The van der Waals surface area contributed by atoms with Crippen LogP contribution >= 0.6 is 0 Å². The Kier molecular flexibility index (Phi) is 6.82. The van der Waals surface area contributed by atoms with E-state index >= 15 is 0 Å². The molecular weight excluding hydrogens is 480 g/mol. The number of nitrogens with one attached hydrogen (secondary N) is 1. The molecule has 4 aliphatic rings. The van der Waals surface area contributed by atoms with Gasteiger partial charge in [-0.3, -0.25) is 19.3 Å². The lowest BCUT2D eigenvalue weighted by molar-refractivity contribution is -0.139. The van der Waals surface area contributed by atoms with Gasteiger partial charge in [-0.15, -0.1) is 0 Å². The molecule has 8 nitrogen and oxygen atoms in total. The van der Waals surface area contributed by atoms with Gasteiger partial charge >= 0.3 is 0 Å². The number of carbonyl (C=O) groups is 3. The minimum absolute atomic E-state index is 0.00696. The van der Waals surface area contributed by atoms with E-state index in [4.69, 9.17) is 4.74 Å². The van der Waals surface area contributed by atoms with Crippen molar-refractivity contribution in [2.75, 3.05) is 44.2 Å². The van der Waals surface area contributed by atoms with E-state index in [1.54, 1.807) is 0 Å². The summed E-state index contributed by atoms with van der Waals surface area (Å²) in [6.07, 6.45) is 4.48. The average Bonchev–Trinajstić information content (AvgIpc) is 3.59. The van der Waals surface area contributed by atoms with Crippen LogP contribution in [0.4, 0.5) is 5.69 Å². The molecule has 3 fully saturated rings. The molecule has 3 amide bonds. The van der Waals surface area contributed by atoms with Gasteiger partial charge in [-0.25, -0.2) is 0 Å². The van der Waals surface area contributed by atoms with Gasteiger partial charge < -0.3 is 19.9 Å². The van der Waals surface area contributed by atoms with Crippen molar-refractivity contribution >= 4 is 23.4 Å². The third-order valence-electron chi connectivity index (χ3n) is 8.73. The van der Waals surface area contributed by atoms with Crippen LogP contribution in [-0.4, -0.2) is 72.9 Å². The molecule has 4 heterocycles. The van der Waals surface area contributed by atoms with Gasteiger partial charge in [-0.05, 0) is 56.8 Å². The topological polar surface area (TPSA) is 82.2 Å². The molecule has 8 heteroatoms. The zero-order chi connectivity index (χ0) is 26.1. The van der Waals surface area contributed by atoms with Gasteiger partial charge in [-0.1, -0.05) is 36.4 Å². The molecule has 0 saturated carbocycles. The van der Waals surface area contributed by atoms with Gasteiger partial charge in [0.1, 0.15) is 11.3 Å². The fraction of sp³-hybridized carbons (Fsp3) is 0.500. The van der Waals surface area contributed by atoms with Gasteiger partial charge in [0.2, 0.25) is 11.8 Å². The normalized spacial score (nSPS) is 27.2. The fourth-order valence-electron chi connectivity index (χ4n) is 7.06. The maximum atomic E-state index is 14.4. The Labute approximate surface area is 223 Å². The molecule has 2 aromatic rings. The molecule has 0 radical (unpaired) electrons. The molecular formula is C30H36N4O4. The number of hydrogen-bond donors (Lipinski definition) is 1. The molecule has 4 aliphatic heterocycles. The second-order valence-corrected chi connectivity index (χ2v) is 10.8. The summed E-state index contributed by atoms with van der Waals surface area (Å²) in [6, 6.07) is 17.8. The van der Waals surface area contributed by atoms with Gasteiger partial charge in [0, 0.05) is 49.9 Å². The first-order chi connectivity index (χ1) is 18.6. The predicted octanol–water partition coefficient (Wildman–Crippen LogP) is 2.92. The first-order valence-corrected chi connectivity index (χ1v) is 14.0. The van der Waals surface area contributed by atoms with Crippen LogP contribution in [0.1, 0.15) is 44.1 Å². The van der Waals surface area contributed by atoms with Crippen molar-refractivity contribution in [3.05, 3.63) is 60.2 Å². The predicted molar refractivity (Wildman–Crippen MR) is 144 cm³/mol. The van der Waals surface area contributed by atoms with Crippen LogP contribution in [0.25, 0.3) is 0 Å². The Morgan fingerprint density at radius 2 is 1.79 bits per heavy atom. The first kappa shape index (κ1) is 24.9. The molecule has 1 N–H and O–H groups in total. The van der Waals surface area contributed by atoms with E-state index in [0.717, 1.165) is 42.8 Å². The number of carbonyl (C=O) groups excluding carboxylic acids is 3. The minimum atomic E-state index is -0.940. The number of para-hydroxylation sites is 2. The van der Waals surface area contributed by atoms with E-state index in [1.165, 1.54) is 0 Å². The van der Waals surface area contributed by atoms with E-state index in [0.29, 0.717) is 52.0 Å². The number of amides is 3. The van der Waals surface area contributed by atoms with Gasteiger partial charge in [0.05, 0.1) is 12.5 Å². The number of hydrogen-bond acceptors (Lipinski definition) is 5. The lowest BCUT2D eigenvalue weighted by Crippen LogP contribution is -2.57. The summed E-state index contributed by atoms with van der Waals surface area (Å²) in [7, 11) is 0. The smallest absolute Gasteiger partial charge is 0.253 e. The minimum Gasteiger partial charge on any atom is -0.494 e. The van der Waals surface area contributed by atoms with Crippen molar-refractivity contribution < 1.29 is 19.1 Å². The Bertz CT molecular complexity index is 1200. The summed E-state index contributed by atoms with van der Waals surface area (Å²) in [5, 5.41) is 3.13. The van der Waals surface area contributed by atoms with Crippen LogP contribution in [0.15, 0.2) is 54.6 Å². The van der Waals surface area contributed by atoms with E-state index in [2.05, 4.69) is 10.2 Å². The molecule has 200 valence electrons. The number of rotatable bonds is 5. The fourth-order valence-corrected chi connectivity index (χ4v) is 7.06. The summed E-state index contributed by atoms with van der Waals surface area (Å²) in [5.74, 6) is 0.410. The van der Waals surface area contributed by atoms with Gasteiger partial charge in [0.25, 0.3) is 5.91 Å². The van der Waals surface area contributed by atoms with Crippen LogP contribution in [0.2, 0.25) is 0 Å². The van der Waals surface area contributed by atoms with Crippen molar-refractivity contribution in [1.29, 1.82) is 0 Å². The highest BCUT2D eigenvalue weighted by atomic mass is 16.5. The van der Waals surface area contributed by atoms with Crippen LogP contribution in [0.5, 0.6) is 5.75 Å². The quantitative estimate of drug-likeness (QED) is 0.618. The summed E-state index contributed by atoms with van der Waals surface area (Å²) in [5.41, 5.74) is 0.889. The Morgan fingerprint density at radius 3 is 2.66 bits per heavy atom. The summed E-state index contributed by atoms with van der Waals surface area (Å²) in [6.45, 7) is 3.24. The van der Waals surface area contributed by atoms with E-state index in [-0.39, 0.29) is 23.8 Å². The molecule has 38 heavy (non-hydrogen) atoms. The van der Waals surface area contributed by atoms with Crippen LogP contribution in [0, 0.1) is 5.92 Å². The summed E-state index contributed by atoms with van der Waals surface area (Å²) < 4.78 is 5.76. The standard InChI is InChI=1S/C30H36N4O4/c35-27(14-7-20-38-23-10-2-1-3-11-23)32-16-8-15-31-28(36)25-21-22-9-6-17-34(22)30(25)24-12-4-5-13-26(24)33(19-18-32)29(30)37/h1-5,10-13,22,25H,6-9,14-21H2,(H,31,36)/t22-,25-,30+/m0/s1. The lowest BCUT2D eigenvalue weighted by atomic mass is 9.78. The van der Waals surface area contributed by atoms with E-state index in [1.807, 2.05) is 64.4 Å². The number of benzene rings is 2. The molecule has 3 atom stereocenters. The second-order valence-electron chi connectivity index (χ2n) is 10.8.